The molecule has 31 heavy (non-hydrogen) atoms. The van der Waals surface area contributed by atoms with Crippen molar-refractivity contribution >= 4 is 38.9 Å². The van der Waals surface area contributed by atoms with E-state index in [9.17, 15) is 18.3 Å². The van der Waals surface area contributed by atoms with Crippen molar-refractivity contribution in [1.82, 2.24) is 0 Å². The van der Waals surface area contributed by atoms with Gasteiger partial charge in [0.15, 0.2) is 6.61 Å². The maximum absolute atomic E-state index is 12.6. The zero-order chi connectivity index (χ0) is 22.4. The highest BCUT2D eigenvalue weighted by Crippen LogP contribution is 2.28. The second-order valence-electron chi connectivity index (χ2n) is 6.30. The third-order valence-electron chi connectivity index (χ3n) is 4.08. The van der Waals surface area contributed by atoms with Gasteiger partial charge in [0, 0.05) is 10.7 Å². The Morgan fingerprint density at radius 3 is 2.29 bits per heavy atom. The maximum atomic E-state index is 12.6. The predicted molar refractivity (Wildman–Crippen MR) is 117 cm³/mol. The minimum absolute atomic E-state index is 0.0673. The van der Waals surface area contributed by atoms with E-state index in [1.807, 2.05) is 0 Å². The predicted octanol–water partition coefficient (Wildman–Crippen LogP) is 3.87. The first-order valence-corrected chi connectivity index (χ1v) is 10.8. The van der Waals surface area contributed by atoms with E-state index >= 15 is 0 Å². The van der Waals surface area contributed by atoms with Crippen molar-refractivity contribution in [2.24, 2.45) is 0 Å². The van der Waals surface area contributed by atoms with Gasteiger partial charge in [-0.1, -0.05) is 11.6 Å². The van der Waals surface area contributed by atoms with Gasteiger partial charge in [0.05, 0.1) is 17.7 Å². The van der Waals surface area contributed by atoms with E-state index in [2.05, 4.69) is 10.0 Å². The highest BCUT2D eigenvalue weighted by atomic mass is 35.5. The molecule has 0 radical (unpaired) electrons. The topological polar surface area (TPSA) is 114 Å². The van der Waals surface area contributed by atoms with Gasteiger partial charge in [0.1, 0.15) is 17.2 Å². The summed E-state index contributed by atoms with van der Waals surface area (Å²) in [7, 11) is -2.42. The Morgan fingerprint density at radius 2 is 1.65 bits per heavy atom. The molecule has 0 aromatic heterocycles. The van der Waals surface area contributed by atoms with E-state index < -0.39 is 15.9 Å². The smallest absolute Gasteiger partial charge is 0.262 e. The molecular weight excluding hydrogens is 444 g/mol. The molecule has 0 atom stereocenters. The fourth-order valence-electron chi connectivity index (χ4n) is 2.52. The average Bonchev–Trinajstić information content (AvgIpc) is 2.75. The SMILES string of the molecule is COc1ccc(OCC(=O)Nc2cc(S(=O)(=O)Nc3ccc(Cl)cc3)ccc2O)cc1. The first-order chi connectivity index (χ1) is 14.8. The number of phenols is 1. The van der Waals surface area contributed by atoms with Crippen molar-refractivity contribution < 1.29 is 27.8 Å². The zero-order valence-electron chi connectivity index (χ0n) is 16.3. The number of benzene rings is 3. The number of aromatic hydroxyl groups is 1. The molecule has 0 unspecified atom stereocenters. The second-order valence-corrected chi connectivity index (χ2v) is 8.42. The summed E-state index contributed by atoms with van der Waals surface area (Å²) in [6.45, 7) is -0.341. The summed E-state index contributed by atoms with van der Waals surface area (Å²) in [5, 5.41) is 12.9. The molecule has 0 saturated heterocycles. The summed E-state index contributed by atoms with van der Waals surface area (Å²) in [4.78, 5) is 12.0. The molecule has 0 bridgehead atoms. The fraction of sp³-hybridized carbons (Fsp3) is 0.0952. The van der Waals surface area contributed by atoms with Crippen molar-refractivity contribution in [1.29, 1.82) is 0 Å². The van der Waals surface area contributed by atoms with Gasteiger partial charge in [0.2, 0.25) is 0 Å². The highest BCUT2D eigenvalue weighted by Gasteiger charge is 2.17. The van der Waals surface area contributed by atoms with Crippen LogP contribution < -0.4 is 19.5 Å². The summed E-state index contributed by atoms with van der Waals surface area (Å²) >= 11 is 5.80. The normalized spacial score (nSPS) is 10.9. The number of rotatable bonds is 8. The van der Waals surface area contributed by atoms with Crippen LogP contribution in [0.15, 0.2) is 71.6 Å². The van der Waals surface area contributed by atoms with Crippen molar-refractivity contribution in [3.63, 3.8) is 0 Å². The molecule has 3 aromatic carbocycles. The zero-order valence-corrected chi connectivity index (χ0v) is 17.9. The second kappa shape index (κ2) is 9.59. The lowest BCUT2D eigenvalue weighted by Crippen LogP contribution is -2.20. The Morgan fingerprint density at radius 1 is 1.00 bits per heavy atom. The Hall–Kier alpha value is -3.43. The minimum atomic E-state index is -3.96. The molecule has 0 aliphatic rings. The molecule has 0 spiro atoms. The molecule has 0 aliphatic carbocycles. The number of carbonyl (C=O) groups excluding carboxylic acids is 1. The quantitative estimate of drug-likeness (QED) is 0.438. The molecule has 0 aliphatic heterocycles. The lowest BCUT2D eigenvalue weighted by Gasteiger charge is -2.12. The van der Waals surface area contributed by atoms with Crippen molar-refractivity contribution in [3.8, 4) is 17.2 Å². The van der Waals surface area contributed by atoms with E-state index in [1.54, 1.807) is 36.4 Å². The largest absolute Gasteiger partial charge is 0.506 e. The monoisotopic (exact) mass is 462 g/mol. The number of ether oxygens (including phenoxy) is 2. The van der Waals surface area contributed by atoms with Crippen LogP contribution in [0, 0.1) is 0 Å². The van der Waals surface area contributed by atoms with E-state index in [0.717, 1.165) is 6.07 Å². The number of nitrogens with one attached hydrogen (secondary N) is 2. The third-order valence-corrected chi connectivity index (χ3v) is 5.71. The number of anilines is 2. The lowest BCUT2D eigenvalue weighted by molar-refractivity contribution is -0.118. The number of halogens is 1. The van der Waals surface area contributed by atoms with E-state index in [1.165, 1.54) is 31.4 Å². The van der Waals surface area contributed by atoms with Gasteiger partial charge in [0.25, 0.3) is 15.9 Å². The highest BCUT2D eigenvalue weighted by molar-refractivity contribution is 7.92. The molecule has 162 valence electrons. The van der Waals surface area contributed by atoms with Crippen LogP contribution in [0.1, 0.15) is 0 Å². The van der Waals surface area contributed by atoms with Crippen LogP contribution in [0.4, 0.5) is 11.4 Å². The molecule has 0 saturated carbocycles. The average molecular weight is 463 g/mol. The molecule has 0 heterocycles. The number of sulfonamides is 1. The maximum Gasteiger partial charge on any atom is 0.262 e. The molecule has 3 N–H and O–H groups in total. The van der Waals surface area contributed by atoms with Crippen LogP contribution in [0.25, 0.3) is 0 Å². The van der Waals surface area contributed by atoms with Crippen LogP contribution >= 0.6 is 11.6 Å². The van der Waals surface area contributed by atoms with Gasteiger partial charge in [-0.25, -0.2) is 8.42 Å². The minimum Gasteiger partial charge on any atom is -0.506 e. The molecule has 3 aromatic rings. The van der Waals surface area contributed by atoms with Gasteiger partial charge in [-0.15, -0.1) is 0 Å². The van der Waals surface area contributed by atoms with Crippen LogP contribution in [-0.2, 0) is 14.8 Å². The fourth-order valence-corrected chi connectivity index (χ4v) is 3.73. The molecule has 8 nitrogen and oxygen atoms in total. The number of phenolic OH excluding ortho intramolecular Hbond substituents is 1. The lowest BCUT2D eigenvalue weighted by atomic mass is 10.3. The van der Waals surface area contributed by atoms with Crippen LogP contribution in [0.3, 0.4) is 0 Å². The van der Waals surface area contributed by atoms with Gasteiger partial charge in [-0.2, -0.15) is 0 Å². The van der Waals surface area contributed by atoms with Gasteiger partial charge in [-0.3, -0.25) is 9.52 Å². The van der Waals surface area contributed by atoms with Crippen LogP contribution in [-0.4, -0.2) is 33.1 Å². The van der Waals surface area contributed by atoms with Crippen molar-refractivity contribution in [2.75, 3.05) is 23.8 Å². The number of carbonyl (C=O) groups is 1. The molecule has 10 heteroatoms. The number of hydrogen-bond acceptors (Lipinski definition) is 6. The molecule has 1 amide bonds. The Kier molecular flexibility index (Phi) is 6.88. The first kappa shape index (κ1) is 22.3. The number of amides is 1. The summed E-state index contributed by atoms with van der Waals surface area (Å²) in [5.41, 5.74) is 0.248. The molecular formula is C21H19ClN2O6S. The van der Waals surface area contributed by atoms with Gasteiger partial charge in [-0.05, 0) is 66.7 Å². The van der Waals surface area contributed by atoms with Crippen LogP contribution in [0.5, 0.6) is 17.2 Å². The number of methoxy groups -OCH3 is 1. The Balaban J connectivity index is 1.68. The standard InChI is InChI=1S/C21H19ClN2O6S/c1-29-16-6-8-17(9-7-16)30-13-21(26)23-19-12-18(10-11-20(19)25)31(27,28)24-15-4-2-14(22)3-5-15/h2-12,24-25H,13H2,1H3,(H,23,26). The Labute approximate surface area is 184 Å². The van der Waals surface area contributed by atoms with Gasteiger partial charge < -0.3 is 19.9 Å². The summed E-state index contributed by atoms with van der Waals surface area (Å²) in [6.07, 6.45) is 0. The van der Waals surface area contributed by atoms with E-state index in [0.29, 0.717) is 22.2 Å². The molecule has 3 rings (SSSR count). The van der Waals surface area contributed by atoms with Gasteiger partial charge >= 0.3 is 0 Å². The molecule has 0 fully saturated rings. The van der Waals surface area contributed by atoms with Crippen LogP contribution in [0.2, 0.25) is 5.02 Å². The Bertz CT molecular complexity index is 1170. The van der Waals surface area contributed by atoms with E-state index in [4.69, 9.17) is 21.1 Å². The summed E-state index contributed by atoms with van der Waals surface area (Å²) in [6, 6.07) is 16.3. The summed E-state index contributed by atoms with van der Waals surface area (Å²) in [5.74, 6) is 0.227. The third kappa shape index (κ3) is 6.03. The van der Waals surface area contributed by atoms with Crippen molar-refractivity contribution in [3.05, 3.63) is 71.8 Å². The van der Waals surface area contributed by atoms with E-state index in [-0.39, 0.29) is 22.9 Å². The number of hydrogen-bond donors (Lipinski definition) is 3. The summed E-state index contributed by atoms with van der Waals surface area (Å²) < 4.78 is 38.1. The van der Waals surface area contributed by atoms with Crippen molar-refractivity contribution in [2.45, 2.75) is 4.90 Å². The first-order valence-electron chi connectivity index (χ1n) is 8.95.